The zero-order chi connectivity index (χ0) is 25.8. The van der Waals surface area contributed by atoms with E-state index >= 15 is 0 Å². The molecule has 2 fully saturated rings. The maximum absolute atomic E-state index is 13.3. The van der Waals surface area contributed by atoms with Crippen LogP contribution in [0.2, 0.25) is 10.0 Å². The third kappa shape index (κ3) is 6.64. The Balaban J connectivity index is 1.17. The number of ketones is 1. The SMILES string of the molecule is O=C(Cc1ccccc1)CC1CCN(CC2CN(C(=O)c3ccc(Cl)c(Cl)c3)C[C@@H]2c2ccsc2)CC1. The Hall–Kier alpha value is -2.18. The van der Waals surface area contributed by atoms with Crippen LogP contribution in [0.15, 0.2) is 65.4 Å². The number of likely N-dealkylation sites (tertiary alicyclic amines) is 2. The maximum Gasteiger partial charge on any atom is 0.253 e. The van der Waals surface area contributed by atoms with Crippen LogP contribution in [0, 0.1) is 11.8 Å². The second-order valence-electron chi connectivity index (χ2n) is 10.4. The molecule has 2 atom stereocenters. The fraction of sp³-hybridized carbons (Fsp3) is 0.400. The number of halogens is 2. The van der Waals surface area contributed by atoms with E-state index in [1.54, 1.807) is 29.5 Å². The number of piperidine rings is 1. The maximum atomic E-state index is 13.3. The van der Waals surface area contributed by atoms with Gasteiger partial charge < -0.3 is 9.80 Å². The molecule has 2 aliphatic rings. The summed E-state index contributed by atoms with van der Waals surface area (Å²) in [6.07, 6.45) is 3.33. The molecule has 1 amide bonds. The predicted octanol–water partition coefficient (Wildman–Crippen LogP) is 6.82. The highest BCUT2D eigenvalue weighted by Gasteiger charge is 2.38. The quantitative estimate of drug-likeness (QED) is 0.306. The van der Waals surface area contributed by atoms with Crippen molar-refractivity contribution < 1.29 is 9.59 Å². The number of hydrogen-bond donors (Lipinski definition) is 0. The molecular weight excluding hydrogens is 523 g/mol. The number of benzene rings is 2. The molecule has 0 saturated carbocycles. The average Bonchev–Trinajstić information content (AvgIpc) is 3.57. The number of carbonyl (C=O) groups is 2. The van der Waals surface area contributed by atoms with Gasteiger partial charge in [-0.3, -0.25) is 9.59 Å². The van der Waals surface area contributed by atoms with Gasteiger partial charge in [-0.05, 0) is 83.9 Å². The van der Waals surface area contributed by atoms with Gasteiger partial charge in [0.1, 0.15) is 5.78 Å². The van der Waals surface area contributed by atoms with E-state index < -0.39 is 0 Å². The van der Waals surface area contributed by atoms with Crippen molar-refractivity contribution in [2.75, 3.05) is 32.7 Å². The van der Waals surface area contributed by atoms with Crippen LogP contribution in [0.4, 0.5) is 0 Å². The monoisotopic (exact) mass is 554 g/mol. The van der Waals surface area contributed by atoms with Crippen molar-refractivity contribution in [3.8, 4) is 0 Å². The first kappa shape index (κ1) is 26.4. The summed E-state index contributed by atoms with van der Waals surface area (Å²) in [5, 5.41) is 5.20. The standard InChI is InChI=1S/C30H32Cl2N2O2S/c31-28-7-6-23(16-29(28)32)30(36)34-18-25(27(19-34)24-10-13-37-20-24)17-33-11-8-22(9-12-33)15-26(35)14-21-4-2-1-3-5-21/h1-7,10,13,16,20,22,25,27H,8-9,11-12,14-15,17-19H2/t25?,27-/m1/s1. The van der Waals surface area contributed by atoms with Gasteiger partial charge >= 0.3 is 0 Å². The summed E-state index contributed by atoms with van der Waals surface area (Å²) in [6, 6.07) is 17.3. The van der Waals surface area contributed by atoms with Crippen LogP contribution < -0.4 is 0 Å². The molecule has 4 nitrogen and oxygen atoms in total. The van der Waals surface area contributed by atoms with Crippen LogP contribution in [0.1, 0.15) is 46.7 Å². The van der Waals surface area contributed by atoms with Crippen LogP contribution >= 0.6 is 34.5 Å². The van der Waals surface area contributed by atoms with Crippen molar-refractivity contribution in [1.29, 1.82) is 0 Å². The molecular formula is C30H32Cl2N2O2S. The molecule has 5 rings (SSSR count). The normalized spacial score (nSPS) is 20.9. The molecule has 2 saturated heterocycles. The van der Waals surface area contributed by atoms with Gasteiger partial charge in [-0.25, -0.2) is 0 Å². The van der Waals surface area contributed by atoms with E-state index in [0.29, 0.717) is 58.5 Å². The highest BCUT2D eigenvalue weighted by molar-refractivity contribution is 7.08. The zero-order valence-corrected chi connectivity index (χ0v) is 23.2. The summed E-state index contributed by atoms with van der Waals surface area (Å²) >= 11 is 14.0. The van der Waals surface area contributed by atoms with Gasteiger partial charge in [0.15, 0.2) is 0 Å². The Kier molecular flexibility index (Phi) is 8.66. The Labute approximate surface area is 233 Å². The Morgan fingerprint density at radius 2 is 1.73 bits per heavy atom. The Bertz CT molecular complexity index is 1210. The Morgan fingerprint density at radius 3 is 2.43 bits per heavy atom. The fourth-order valence-corrected chi connectivity index (χ4v) is 6.84. The summed E-state index contributed by atoms with van der Waals surface area (Å²) in [4.78, 5) is 30.4. The van der Waals surface area contributed by atoms with E-state index in [1.165, 1.54) is 5.56 Å². The van der Waals surface area contributed by atoms with Gasteiger partial charge in [0.2, 0.25) is 0 Å². The van der Waals surface area contributed by atoms with E-state index in [9.17, 15) is 9.59 Å². The number of thiophene rings is 1. The first-order chi connectivity index (χ1) is 18.0. The van der Waals surface area contributed by atoms with Gasteiger partial charge in [0, 0.05) is 44.0 Å². The minimum Gasteiger partial charge on any atom is -0.338 e. The molecule has 37 heavy (non-hydrogen) atoms. The minimum atomic E-state index is 0.0110. The van der Waals surface area contributed by atoms with Crippen molar-refractivity contribution in [3.05, 3.63) is 92.1 Å². The molecule has 0 spiro atoms. The molecule has 1 unspecified atom stereocenters. The lowest BCUT2D eigenvalue weighted by Gasteiger charge is -2.34. The second-order valence-corrected chi connectivity index (χ2v) is 12.0. The van der Waals surface area contributed by atoms with Gasteiger partial charge in [0.25, 0.3) is 5.91 Å². The van der Waals surface area contributed by atoms with E-state index in [1.807, 2.05) is 35.2 Å². The summed E-state index contributed by atoms with van der Waals surface area (Å²) < 4.78 is 0. The lowest BCUT2D eigenvalue weighted by Crippen LogP contribution is -2.39. The first-order valence-electron chi connectivity index (χ1n) is 13.0. The topological polar surface area (TPSA) is 40.6 Å². The average molecular weight is 556 g/mol. The highest BCUT2D eigenvalue weighted by Crippen LogP contribution is 2.36. The highest BCUT2D eigenvalue weighted by atomic mass is 35.5. The molecule has 0 aliphatic carbocycles. The third-order valence-electron chi connectivity index (χ3n) is 7.83. The largest absolute Gasteiger partial charge is 0.338 e. The first-order valence-corrected chi connectivity index (χ1v) is 14.7. The van der Waals surface area contributed by atoms with E-state index in [-0.39, 0.29) is 5.91 Å². The van der Waals surface area contributed by atoms with Crippen LogP contribution in [-0.4, -0.2) is 54.2 Å². The van der Waals surface area contributed by atoms with E-state index in [0.717, 1.165) is 44.6 Å². The lowest BCUT2D eigenvalue weighted by molar-refractivity contribution is -0.119. The van der Waals surface area contributed by atoms with Crippen molar-refractivity contribution in [1.82, 2.24) is 9.80 Å². The van der Waals surface area contributed by atoms with E-state index in [4.69, 9.17) is 23.2 Å². The molecule has 194 valence electrons. The summed E-state index contributed by atoms with van der Waals surface area (Å²) in [5.74, 6) is 1.52. The Morgan fingerprint density at radius 1 is 0.946 bits per heavy atom. The van der Waals surface area contributed by atoms with Crippen LogP contribution in [-0.2, 0) is 11.2 Å². The van der Waals surface area contributed by atoms with Gasteiger partial charge in [0.05, 0.1) is 10.0 Å². The fourth-order valence-electron chi connectivity index (χ4n) is 5.82. The molecule has 1 aromatic heterocycles. The van der Waals surface area contributed by atoms with Crippen molar-refractivity contribution in [2.24, 2.45) is 11.8 Å². The molecule has 2 aromatic carbocycles. The van der Waals surface area contributed by atoms with Crippen LogP contribution in [0.5, 0.6) is 0 Å². The molecule has 0 radical (unpaired) electrons. The van der Waals surface area contributed by atoms with Crippen molar-refractivity contribution in [3.63, 3.8) is 0 Å². The van der Waals surface area contributed by atoms with Crippen LogP contribution in [0.25, 0.3) is 0 Å². The number of hydrogen-bond acceptors (Lipinski definition) is 4. The molecule has 3 heterocycles. The lowest BCUT2D eigenvalue weighted by atomic mass is 9.87. The van der Waals surface area contributed by atoms with Gasteiger partial charge in [-0.1, -0.05) is 53.5 Å². The number of Topliss-reactive ketones (excluding diaryl/α,β-unsaturated/α-hetero) is 1. The molecule has 3 aromatic rings. The summed E-state index contributed by atoms with van der Waals surface area (Å²) in [5.41, 5.74) is 3.01. The van der Waals surface area contributed by atoms with Gasteiger partial charge in [-0.2, -0.15) is 11.3 Å². The number of amides is 1. The number of carbonyl (C=O) groups excluding carboxylic acids is 2. The molecule has 0 N–H and O–H groups in total. The number of nitrogens with zero attached hydrogens (tertiary/aromatic N) is 2. The minimum absolute atomic E-state index is 0.0110. The zero-order valence-electron chi connectivity index (χ0n) is 20.8. The third-order valence-corrected chi connectivity index (χ3v) is 9.27. The van der Waals surface area contributed by atoms with Gasteiger partial charge in [-0.15, -0.1) is 0 Å². The summed E-state index contributed by atoms with van der Waals surface area (Å²) in [7, 11) is 0. The number of rotatable bonds is 8. The smallest absolute Gasteiger partial charge is 0.253 e. The molecule has 7 heteroatoms. The second kappa shape index (κ2) is 12.1. The molecule has 2 aliphatic heterocycles. The predicted molar refractivity (Wildman–Crippen MR) is 152 cm³/mol. The van der Waals surface area contributed by atoms with E-state index in [2.05, 4.69) is 21.7 Å². The summed E-state index contributed by atoms with van der Waals surface area (Å²) in [6.45, 7) is 4.43. The van der Waals surface area contributed by atoms with Crippen molar-refractivity contribution >= 4 is 46.2 Å². The van der Waals surface area contributed by atoms with Crippen molar-refractivity contribution in [2.45, 2.75) is 31.6 Å². The molecule has 0 bridgehead atoms. The van der Waals surface area contributed by atoms with Crippen LogP contribution in [0.3, 0.4) is 0 Å².